The highest BCUT2D eigenvalue weighted by Gasteiger charge is 2.20. The third kappa shape index (κ3) is 6.03. The molecule has 0 spiro atoms. The smallest absolute Gasteiger partial charge is 0.164 e. The fraction of sp³-hybridized carbons (Fsp3) is 0.104. The molecule has 4 heteroatoms. The van der Waals surface area contributed by atoms with Crippen LogP contribution in [0.3, 0.4) is 0 Å². The van der Waals surface area contributed by atoms with Crippen molar-refractivity contribution >= 4 is 38.3 Å². The van der Waals surface area contributed by atoms with Crippen LogP contribution in [0.15, 0.2) is 168 Å². The molecular formula is C48H37N3O. The van der Waals surface area contributed by atoms with E-state index in [4.69, 9.17) is 19.4 Å². The molecule has 2 aromatic heterocycles. The van der Waals surface area contributed by atoms with Gasteiger partial charge in [0.1, 0.15) is 11.2 Å². The molecule has 0 N–H and O–H groups in total. The Hall–Kier alpha value is -6.39. The van der Waals surface area contributed by atoms with Crippen molar-refractivity contribution in [2.24, 2.45) is 0 Å². The number of nitrogens with zero attached hydrogens (tertiary/aromatic N) is 3. The summed E-state index contributed by atoms with van der Waals surface area (Å²) >= 11 is 0. The van der Waals surface area contributed by atoms with Crippen LogP contribution in [0.5, 0.6) is 0 Å². The lowest BCUT2D eigenvalue weighted by Gasteiger charge is -2.14. The van der Waals surface area contributed by atoms with Gasteiger partial charge in [-0.2, -0.15) is 0 Å². The number of hydrogen-bond donors (Lipinski definition) is 0. The Morgan fingerprint density at radius 2 is 1.27 bits per heavy atom. The molecule has 0 aliphatic heterocycles. The quantitative estimate of drug-likeness (QED) is 0.161. The lowest BCUT2D eigenvalue weighted by Crippen LogP contribution is -2.04. The molecule has 1 aliphatic rings. The van der Waals surface area contributed by atoms with Gasteiger partial charge in [-0.1, -0.05) is 153 Å². The minimum atomic E-state index is 0.636. The van der Waals surface area contributed by atoms with Crippen LogP contribution < -0.4 is 0 Å². The first-order chi connectivity index (χ1) is 25.7. The van der Waals surface area contributed by atoms with Crippen molar-refractivity contribution in [2.45, 2.75) is 32.6 Å². The first-order valence-electron chi connectivity index (χ1n) is 18.1. The third-order valence-electron chi connectivity index (χ3n) is 9.95. The number of hydrogen-bond acceptors (Lipinski definition) is 4. The molecule has 0 atom stereocenters. The van der Waals surface area contributed by atoms with Crippen molar-refractivity contribution in [1.82, 2.24) is 15.0 Å². The molecule has 0 radical (unpaired) electrons. The number of unbranched alkanes of at least 4 members (excludes halogenated alkanes) is 1. The second kappa shape index (κ2) is 13.7. The van der Waals surface area contributed by atoms with Crippen molar-refractivity contribution in [1.29, 1.82) is 0 Å². The number of aromatic nitrogens is 3. The van der Waals surface area contributed by atoms with Crippen LogP contribution >= 0.6 is 0 Å². The van der Waals surface area contributed by atoms with Crippen LogP contribution in [-0.4, -0.2) is 15.0 Å². The highest BCUT2D eigenvalue weighted by atomic mass is 16.3. The van der Waals surface area contributed by atoms with E-state index in [1.165, 1.54) is 22.1 Å². The molecule has 8 aromatic rings. The van der Waals surface area contributed by atoms with Crippen LogP contribution in [0.25, 0.3) is 83.3 Å². The Bertz CT molecular complexity index is 2680. The average molecular weight is 672 g/mol. The summed E-state index contributed by atoms with van der Waals surface area (Å²) in [5.74, 6) is 2.00. The number of fused-ring (bicyclic) bond motifs is 4. The predicted octanol–water partition coefficient (Wildman–Crippen LogP) is 13.1. The van der Waals surface area contributed by atoms with Gasteiger partial charge in [-0.15, -0.1) is 0 Å². The molecule has 6 aromatic carbocycles. The number of allylic oxidation sites excluding steroid dienone is 6. The van der Waals surface area contributed by atoms with E-state index in [-0.39, 0.29) is 0 Å². The van der Waals surface area contributed by atoms with Gasteiger partial charge in [0.05, 0.1) is 0 Å². The Kier molecular flexibility index (Phi) is 8.34. The number of benzene rings is 6. The van der Waals surface area contributed by atoms with E-state index in [2.05, 4.69) is 146 Å². The van der Waals surface area contributed by atoms with Crippen molar-refractivity contribution < 1.29 is 4.42 Å². The lowest BCUT2D eigenvalue weighted by molar-refractivity contribution is 0.670. The van der Waals surface area contributed by atoms with Gasteiger partial charge in [0, 0.05) is 27.5 Å². The zero-order valence-electron chi connectivity index (χ0n) is 29.1. The highest BCUT2D eigenvalue weighted by molar-refractivity contribution is 6.15. The van der Waals surface area contributed by atoms with Gasteiger partial charge in [-0.3, -0.25) is 0 Å². The molecular weight excluding hydrogens is 635 g/mol. The number of furan rings is 1. The first-order valence-corrected chi connectivity index (χ1v) is 18.1. The van der Waals surface area contributed by atoms with E-state index in [0.29, 0.717) is 17.5 Å². The molecule has 1 aliphatic carbocycles. The summed E-state index contributed by atoms with van der Waals surface area (Å²) in [7, 11) is 0. The average Bonchev–Trinajstić information content (AvgIpc) is 3.61. The molecule has 4 nitrogen and oxygen atoms in total. The summed E-state index contributed by atoms with van der Waals surface area (Å²) in [5, 5.41) is 4.36. The Morgan fingerprint density at radius 1 is 0.577 bits per heavy atom. The van der Waals surface area contributed by atoms with Crippen LogP contribution in [0, 0.1) is 0 Å². The Balaban J connectivity index is 1.20. The molecule has 0 amide bonds. The molecule has 52 heavy (non-hydrogen) atoms. The molecule has 250 valence electrons. The highest BCUT2D eigenvalue weighted by Crippen LogP contribution is 2.40. The van der Waals surface area contributed by atoms with Gasteiger partial charge in [-0.05, 0) is 76.1 Å². The largest absolute Gasteiger partial charge is 0.455 e. The van der Waals surface area contributed by atoms with Crippen LogP contribution in [0.4, 0.5) is 0 Å². The summed E-state index contributed by atoms with van der Waals surface area (Å²) in [4.78, 5) is 15.6. The van der Waals surface area contributed by atoms with Gasteiger partial charge in [0.25, 0.3) is 0 Å². The van der Waals surface area contributed by atoms with Gasteiger partial charge in [0.2, 0.25) is 0 Å². The molecule has 0 bridgehead atoms. The van der Waals surface area contributed by atoms with Gasteiger partial charge < -0.3 is 4.42 Å². The van der Waals surface area contributed by atoms with Crippen molar-refractivity contribution in [2.75, 3.05) is 0 Å². The van der Waals surface area contributed by atoms with E-state index in [0.717, 1.165) is 80.8 Å². The summed E-state index contributed by atoms with van der Waals surface area (Å²) in [5.41, 5.74) is 10.6. The second-order valence-electron chi connectivity index (χ2n) is 13.4. The number of rotatable bonds is 8. The zero-order valence-corrected chi connectivity index (χ0v) is 29.1. The summed E-state index contributed by atoms with van der Waals surface area (Å²) < 4.78 is 6.61. The van der Waals surface area contributed by atoms with Gasteiger partial charge in [-0.25, -0.2) is 15.0 Å². The summed E-state index contributed by atoms with van der Waals surface area (Å²) in [6.07, 6.45) is 13.0. The monoisotopic (exact) mass is 671 g/mol. The lowest BCUT2D eigenvalue weighted by atomic mass is 9.97. The maximum Gasteiger partial charge on any atom is 0.164 e. The molecule has 9 rings (SSSR count). The zero-order chi connectivity index (χ0) is 34.9. The second-order valence-corrected chi connectivity index (χ2v) is 13.4. The van der Waals surface area contributed by atoms with E-state index in [1.807, 2.05) is 18.2 Å². The fourth-order valence-electron chi connectivity index (χ4n) is 7.22. The topological polar surface area (TPSA) is 51.8 Å². The predicted molar refractivity (Wildman–Crippen MR) is 216 cm³/mol. The Labute approximate surface area is 303 Å². The van der Waals surface area contributed by atoms with Gasteiger partial charge >= 0.3 is 0 Å². The maximum atomic E-state index is 6.61. The molecule has 2 heterocycles. The van der Waals surface area contributed by atoms with Crippen molar-refractivity contribution in [3.8, 4) is 45.0 Å². The molecule has 0 saturated heterocycles. The minimum Gasteiger partial charge on any atom is -0.455 e. The standard InChI is InChI=1S/C48H37N3O/c1-2-3-6-13-32-22-24-35(25-23-32)46-49-47(39-29-28-37-30-36(26-27-38(37)31-39)33-14-7-4-8-15-33)51-48(50-46)42-20-12-21-43-44(42)41-19-11-18-40(45(41)52-43)34-16-9-5-10-17-34/h4-22,24,26-31H,2-3,23,25H2,1H3/b13-6-. The van der Waals surface area contributed by atoms with Crippen LogP contribution in [0.1, 0.15) is 38.4 Å². The van der Waals surface area contributed by atoms with E-state index < -0.39 is 0 Å². The first kappa shape index (κ1) is 31.6. The normalized spacial score (nSPS) is 13.2. The third-order valence-corrected chi connectivity index (χ3v) is 9.95. The van der Waals surface area contributed by atoms with E-state index in [1.54, 1.807) is 0 Å². The summed E-state index contributed by atoms with van der Waals surface area (Å²) in [6.45, 7) is 2.21. The van der Waals surface area contributed by atoms with Crippen LogP contribution in [-0.2, 0) is 0 Å². The maximum absolute atomic E-state index is 6.61. The van der Waals surface area contributed by atoms with Crippen LogP contribution in [0.2, 0.25) is 0 Å². The molecule has 0 unspecified atom stereocenters. The Morgan fingerprint density at radius 3 is 2.04 bits per heavy atom. The van der Waals surface area contributed by atoms with Gasteiger partial charge in [0.15, 0.2) is 17.5 Å². The molecule has 0 saturated carbocycles. The van der Waals surface area contributed by atoms with Crippen molar-refractivity contribution in [3.63, 3.8) is 0 Å². The van der Waals surface area contributed by atoms with E-state index in [9.17, 15) is 0 Å². The molecule has 0 fully saturated rings. The minimum absolute atomic E-state index is 0.636. The SMILES string of the molecule is CCC/C=C\C1=CC=C(c2nc(-c3ccc4cc(-c5ccccc5)ccc4c3)nc(-c3cccc4oc5c(-c6ccccc6)cccc5c34)n2)CC1. The van der Waals surface area contributed by atoms with Crippen molar-refractivity contribution in [3.05, 3.63) is 169 Å². The summed E-state index contributed by atoms with van der Waals surface area (Å²) in [6, 6.07) is 46.6. The number of para-hydroxylation sites is 1. The van der Waals surface area contributed by atoms with E-state index >= 15 is 0 Å². The fourth-order valence-corrected chi connectivity index (χ4v) is 7.22.